The summed E-state index contributed by atoms with van der Waals surface area (Å²) in [4.78, 5) is 12.3. The summed E-state index contributed by atoms with van der Waals surface area (Å²) in [6, 6.07) is 10.6. The molecule has 3 aliphatic rings. The molecule has 2 nitrogen and oxygen atoms in total. The van der Waals surface area contributed by atoms with Gasteiger partial charge in [0.15, 0.2) is 0 Å². The van der Waals surface area contributed by atoms with E-state index < -0.39 is 4.87 Å². The summed E-state index contributed by atoms with van der Waals surface area (Å²) in [5, 5.41) is 0. The summed E-state index contributed by atoms with van der Waals surface area (Å²) in [5.41, 5.74) is 1.27. The highest BCUT2D eigenvalue weighted by Crippen LogP contribution is 2.52. The van der Waals surface area contributed by atoms with Gasteiger partial charge in [-0.3, -0.25) is 4.79 Å². The number of benzene rings is 1. The normalized spacial score (nSPS) is 38.1. The van der Waals surface area contributed by atoms with E-state index >= 15 is 0 Å². The predicted octanol–water partition coefficient (Wildman–Crippen LogP) is 5.89. The van der Waals surface area contributed by atoms with E-state index in [0.717, 1.165) is 25.7 Å². The van der Waals surface area contributed by atoms with Crippen LogP contribution in [-0.2, 0) is 14.9 Å². The molecule has 3 heteroatoms. The van der Waals surface area contributed by atoms with Crippen LogP contribution in [0.25, 0.3) is 0 Å². The van der Waals surface area contributed by atoms with Gasteiger partial charge in [-0.2, -0.15) is 0 Å². The number of esters is 1. The number of ether oxygens (including phenoxy) is 1. The molecule has 3 aliphatic carbocycles. The van der Waals surface area contributed by atoms with E-state index in [0.29, 0.717) is 17.8 Å². The number of carbonyl (C=O) groups is 1. The average molecular weight is 387 g/mol. The molecular formula is C24H31ClO2. The van der Waals surface area contributed by atoms with E-state index in [1.54, 1.807) is 0 Å². The Hall–Kier alpha value is -1.28. The molecule has 0 heterocycles. The van der Waals surface area contributed by atoms with Gasteiger partial charge in [-0.05, 0) is 48.5 Å². The van der Waals surface area contributed by atoms with Crippen LogP contribution in [0.5, 0.6) is 0 Å². The molecule has 0 aliphatic heterocycles. The Morgan fingerprint density at radius 2 is 1.89 bits per heavy atom. The second-order valence-corrected chi connectivity index (χ2v) is 10.3. The highest BCUT2D eigenvalue weighted by Gasteiger charge is 2.55. The Kier molecular flexibility index (Phi) is 4.91. The second-order valence-electron chi connectivity index (χ2n) is 9.61. The van der Waals surface area contributed by atoms with Crippen LogP contribution in [0.3, 0.4) is 0 Å². The van der Waals surface area contributed by atoms with Crippen molar-refractivity contribution < 1.29 is 9.53 Å². The lowest BCUT2D eigenvalue weighted by molar-refractivity contribution is -0.160. The van der Waals surface area contributed by atoms with Crippen molar-refractivity contribution in [3.05, 3.63) is 48.0 Å². The summed E-state index contributed by atoms with van der Waals surface area (Å²) in [5.74, 6) is 1.29. The van der Waals surface area contributed by atoms with Crippen molar-refractivity contribution in [2.45, 2.75) is 69.3 Å². The van der Waals surface area contributed by atoms with Gasteiger partial charge in [0.1, 0.15) is 11.0 Å². The Labute approximate surface area is 168 Å². The zero-order valence-electron chi connectivity index (χ0n) is 16.7. The van der Waals surface area contributed by atoms with Crippen molar-refractivity contribution in [2.24, 2.45) is 23.7 Å². The lowest BCUT2D eigenvalue weighted by Crippen LogP contribution is -2.47. The first-order valence-corrected chi connectivity index (χ1v) is 10.8. The third-order valence-electron chi connectivity index (χ3n) is 7.42. The Bertz CT molecular complexity index is 725. The topological polar surface area (TPSA) is 26.3 Å². The molecule has 0 unspecified atom stereocenters. The van der Waals surface area contributed by atoms with E-state index in [4.69, 9.17) is 16.3 Å². The van der Waals surface area contributed by atoms with E-state index in [-0.39, 0.29) is 23.4 Å². The molecule has 1 aromatic rings. The van der Waals surface area contributed by atoms with Crippen molar-refractivity contribution in [1.82, 2.24) is 0 Å². The minimum absolute atomic E-state index is 0.0413. The van der Waals surface area contributed by atoms with Crippen LogP contribution < -0.4 is 0 Å². The van der Waals surface area contributed by atoms with Crippen molar-refractivity contribution in [3.8, 4) is 0 Å². The van der Waals surface area contributed by atoms with E-state index in [1.807, 2.05) is 0 Å². The highest BCUT2D eigenvalue weighted by atomic mass is 35.5. The Balaban J connectivity index is 1.55. The fraction of sp³-hybridized carbons (Fsp3) is 0.625. The van der Waals surface area contributed by atoms with Gasteiger partial charge in [-0.1, -0.05) is 69.7 Å². The zero-order chi connectivity index (χ0) is 19.2. The van der Waals surface area contributed by atoms with Gasteiger partial charge in [0.2, 0.25) is 0 Å². The largest absolute Gasteiger partial charge is 0.461 e. The maximum Gasteiger partial charge on any atom is 0.328 e. The van der Waals surface area contributed by atoms with Gasteiger partial charge in [-0.25, -0.2) is 0 Å². The molecule has 1 aromatic carbocycles. The number of rotatable bonds is 4. The molecule has 2 fully saturated rings. The van der Waals surface area contributed by atoms with Crippen LogP contribution in [-0.4, -0.2) is 16.9 Å². The van der Waals surface area contributed by atoms with Gasteiger partial charge in [0, 0.05) is 11.8 Å². The fourth-order valence-electron chi connectivity index (χ4n) is 5.63. The van der Waals surface area contributed by atoms with Crippen LogP contribution in [0.4, 0.5) is 0 Å². The molecule has 0 N–H and O–H groups in total. The standard InChI is InChI=1S/C24H31ClO2/c1-16-9-12-20(23(2,3)18-7-5-4-6-8-18)21(13-16)27-22(26)24(25)15-17-10-11-19(24)14-17/h4-8,10-11,16-17,19-21H,9,12-15H2,1-3H3/t16-,17+,19-,20-,21-,24+/m1/s1. The molecule has 2 bridgehead atoms. The molecule has 27 heavy (non-hydrogen) atoms. The third kappa shape index (κ3) is 3.35. The first-order chi connectivity index (χ1) is 12.8. The van der Waals surface area contributed by atoms with E-state index in [1.165, 1.54) is 12.0 Å². The molecule has 4 rings (SSSR count). The summed E-state index contributed by atoms with van der Waals surface area (Å²) in [6.45, 7) is 6.85. The lowest BCUT2D eigenvalue weighted by atomic mass is 9.64. The molecule has 2 saturated carbocycles. The number of alkyl halides is 1. The first kappa shape index (κ1) is 19.1. The molecule has 0 spiro atoms. The first-order valence-electron chi connectivity index (χ1n) is 10.4. The van der Waals surface area contributed by atoms with E-state index in [2.05, 4.69) is 63.3 Å². The predicted molar refractivity (Wildman–Crippen MR) is 110 cm³/mol. The quantitative estimate of drug-likeness (QED) is 0.366. The summed E-state index contributed by atoms with van der Waals surface area (Å²) in [7, 11) is 0. The van der Waals surface area contributed by atoms with Gasteiger partial charge < -0.3 is 4.74 Å². The summed E-state index contributed by atoms with van der Waals surface area (Å²) in [6.07, 6.45) is 9.21. The molecule has 0 saturated heterocycles. The lowest BCUT2D eigenvalue weighted by Gasteiger charge is -2.44. The second kappa shape index (κ2) is 6.95. The molecule has 0 amide bonds. The monoisotopic (exact) mass is 386 g/mol. The van der Waals surface area contributed by atoms with Crippen LogP contribution >= 0.6 is 11.6 Å². The molecule has 146 valence electrons. The number of carbonyl (C=O) groups excluding carboxylic acids is 1. The Morgan fingerprint density at radius 3 is 2.52 bits per heavy atom. The van der Waals surface area contributed by atoms with Crippen molar-refractivity contribution >= 4 is 17.6 Å². The minimum atomic E-state index is -0.846. The molecule has 0 radical (unpaired) electrons. The number of hydrogen-bond acceptors (Lipinski definition) is 2. The fourth-order valence-corrected chi connectivity index (χ4v) is 6.04. The van der Waals surface area contributed by atoms with Crippen molar-refractivity contribution in [1.29, 1.82) is 0 Å². The van der Waals surface area contributed by atoms with Crippen molar-refractivity contribution in [3.63, 3.8) is 0 Å². The van der Waals surface area contributed by atoms with Gasteiger partial charge >= 0.3 is 5.97 Å². The van der Waals surface area contributed by atoms with Crippen LogP contribution in [0.2, 0.25) is 0 Å². The van der Waals surface area contributed by atoms with Gasteiger partial charge in [-0.15, -0.1) is 11.6 Å². The number of hydrogen-bond donors (Lipinski definition) is 0. The van der Waals surface area contributed by atoms with Crippen LogP contribution in [0, 0.1) is 23.7 Å². The number of halogens is 1. The highest BCUT2D eigenvalue weighted by molar-refractivity contribution is 6.34. The zero-order valence-corrected chi connectivity index (χ0v) is 17.4. The molecular weight excluding hydrogens is 356 g/mol. The minimum Gasteiger partial charge on any atom is -0.461 e. The third-order valence-corrected chi connectivity index (χ3v) is 8.00. The number of allylic oxidation sites excluding steroid dienone is 2. The maximum atomic E-state index is 13.2. The van der Waals surface area contributed by atoms with Gasteiger partial charge in [0.25, 0.3) is 0 Å². The summed E-state index contributed by atoms with van der Waals surface area (Å²) >= 11 is 6.83. The number of fused-ring (bicyclic) bond motifs is 2. The Morgan fingerprint density at radius 1 is 1.15 bits per heavy atom. The van der Waals surface area contributed by atoms with Crippen LogP contribution in [0.1, 0.15) is 58.4 Å². The van der Waals surface area contributed by atoms with E-state index in [9.17, 15) is 4.79 Å². The SMILES string of the molecule is C[C@@H]1CC[C@@H](C(C)(C)c2ccccc2)[C@H](OC(=O)[C@]2(Cl)C[C@H]3C=C[C@@H]2C3)C1. The smallest absolute Gasteiger partial charge is 0.328 e. The van der Waals surface area contributed by atoms with Crippen molar-refractivity contribution in [2.75, 3.05) is 0 Å². The molecule has 0 aromatic heterocycles. The average Bonchev–Trinajstić information content (AvgIpc) is 3.23. The summed E-state index contributed by atoms with van der Waals surface area (Å²) < 4.78 is 6.22. The van der Waals surface area contributed by atoms with Crippen LogP contribution in [0.15, 0.2) is 42.5 Å². The maximum absolute atomic E-state index is 13.2. The van der Waals surface area contributed by atoms with Gasteiger partial charge in [0.05, 0.1) is 0 Å². The molecule has 6 atom stereocenters.